The Kier molecular flexibility index (Phi) is 4.64. The van der Waals surface area contributed by atoms with Crippen molar-refractivity contribution in [3.63, 3.8) is 0 Å². The van der Waals surface area contributed by atoms with Crippen molar-refractivity contribution in [1.82, 2.24) is 9.88 Å². The maximum absolute atomic E-state index is 12.2. The molecule has 3 nitrogen and oxygen atoms in total. The first-order chi connectivity index (χ1) is 9.54. The molecule has 3 heteroatoms. The van der Waals surface area contributed by atoms with Crippen molar-refractivity contribution in [1.29, 1.82) is 0 Å². The number of carbonyl (C=O) groups excluding carboxylic acids is 1. The van der Waals surface area contributed by atoms with E-state index in [0.29, 0.717) is 13.1 Å². The van der Waals surface area contributed by atoms with Crippen molar-refractivity contribution >= 4 is 5.78 Å². The molecular weight excluding hydrogens is 248 g/mol. The molecule has 20 heavy (non-hydrogen) atoms. The maximum atomic E-state index is 12.2. The highest BCUT2D eigenvalue weighted by atomic mass is 16.1. The highest BCUT2D eigenvalue weighted by Crippen LogP contribution is 2.07. The van der Waals surface area contributed by atoms with Gasteiger partial charge in [-0.3, -0.25) is 14.7 Å². The highest BCUT2D eigenvalue weighted by Gasteiger charge is 2.10. The first-order valence-corrected chi connectivity index (χ1v) is 6.75. The largest absolute Gasteiger partial charge is 0.293 e. The minimum atomic E-state index is 0.142. The number of aromatic nitrogens is 1. The van der Waals surface area contributed by atoms with Crippen molar-refractivity contribution in [3.8, 4) is 0 Å². The fraction of sp³-hybridized carbons (Fsp3) is 0.294. The number of ketones is 1. The number of carbonyl (C=O) groups is 1. The molecule has 0 saturated heterocycles. The topological polar surface area (TPSA) is 33.2 Å². The zero-order chi connectivity index (χ0) is 14.5. The number of rotatable bonds is 5. The maximum Gasteiger partial charge on any atom is 0.176 e. The Hall–Kier alpha value is -2.00. The monoisotopic (exact) mass is 268 g/mol. The normalized spacial score (nSPS) is 10.8. The smallest absolute Gasteiger partial charge is 0.176 e. The second-order valence-corrected chi connectivity index (χ2v) is 5.24. The summed E-state index contributed by atoms with van der Waals surface area (Å²) in [6.45, 7) is 5.05. The van der Waals surface area contributed by atoms with E-state index in [0.717, 1.165) is 22.5 Å². The molecule has 0 spiro atoms. The summed E-state index contributed by atoms with van der Waals surface area (Å²) in [7, 11) is 1.94. The van der Waals surface area contributed by atoms with Gasteiger partial charge in [0.1, 0.15) is 0 Å². The zero-order valence-corrected chi connectivity index (χ0v) is 12.3. The van der Waals surface area contributed by atoms with E-state index in [2.05, 4.69) is 4.98 Å². The van der Waals surface area contributed by atoms with E-state index in [1.54, 1.807) is 0 Å². The van der Waals surface area contributed by atoms with E-state index in [9.17, 15) is 4.79 Å². The lowest BCUT2D eigenvalue weighted by Crippen LogP contribution is -2.26. The van der Waals surface area contributed by atoms with Crippen LogP contribution in [0.5, 0.6) is 0 Å². The van der Waals surface area contributed by atoms with Crippen LogP contribution in [0.4, 0.5) is 0 Å². The number of aryl methyl sites for hydroxylation is 2. The van der Waals surface area contributed by atoms with Gasteiger partial charge in [0.05, 0.1) is 12.2 Å². The summed E-state index contributed by atoms with van der Waals surface area (Å²) in [5.74, 6) is 0.142. The minimum absolute atomic E-state index is 0.142. The second-order valence-electron chi connectivity index (χ2n) is 5.24. The summed E-state index contributed by atoms with van der Waals surface area (Å²) in [5, 5.41) is 0. The van der Waals surface area contributed by atoms with Gasteiger partial charge in [-0.05, 0) is 39.1 Å². The molecule has 0 saturated carbocycles. The molecule has 0 atom stereocenters. The van der Waals surface area contributed by atoms with Crippen LogP contribution in [0.1, 0.15) is 27.3 Å². The minimum Gasteiger partial charge on any atom is -0.293 e. The van der Waals surface area contributed by atoms with Crippen molar-refractivity contribution in [2.45, 2.75) is 20.4 Å². The van der Waals surface area contributed by atoms with Gasteiger partial charge in [-0.1, -0.05) is 29.8 Å². The van der Waals surface area contributed by atoms with Crippen LogP contribution in [0.15, 0.2) is 42.5 Å². The van der Waals surface area contributed by atoms with Crippen molar-refractivity contribution in [2.75, 3.05) is 13.6 Å². The second kappa shape index (κ2) is 6.44. The van der Waals surface area contributed by atoms with E-state index >= 15 is 0 Å². The predicted molar refractivity (Wildman–Crippen MR) is 80.8 cm³/mol. The van der Waals surface area contributed by atoms with Crippen LogP contribution in [0.25, 0.3) is 0 Å². The molecule has 0 amide bonds. The van der Waals surface area contributed by atoms with E-state index < -0.39 is 0 Å². The van der Waals surface area contributed by atoms with Gasteiger partial charge in [0.2, 0.25) is 0 Å². The van der Waals surface area contributed by atoms with Crippen LogP contribution in [-0.2, 0) is 6.54 Å². The van der Waals surface area contributed by atoms with Gasteiger partial charge in [-0.15, -0.1) is 0 Å². The zero-order valence-electron chi connectivity index (χ0n) is 12.3. The Bertz CT molecular complexity index is 607. The van der Waals surface area contributed by atoms with Crippen LogP contribution in [-0.4, -0.2) is 29.3 Å². The molecule has 0 aliphatic carbocycles. The SMILES string of the molecule is Cc1cccc(C(=O)CN(C)Cc2cccc(C)n2)c1. The average Bonchev–Trinajstić information content (AvgIpc) is 2.38. The third-order valence-corrected chi connectivity index (χ3v) is 3.13. The molecule has 1 heterocycles. The van der Waals surface area contributed by atoms with E-state index in [-0.39, 0.29) is 5.78 Å². The molecule has 1 aromatic carbocycles. The Morgan fingerprint density at radius 3 is 2.60 bits per heavy atom. The van der Waals surface area contributed by atoms with Crippen molar-refractivity contribution in [3.05, 3.63) is 65.0 Å². The summed E-state index contributed by atoms with van der Waals surface area (Å²) in [5.41, 5.74) is 3.87. The lowest BCUT2D eigenvalue weighted by molar-refractivity contribution is 0.0942. The Morgan fingerprint density at radius 1 is 1.15 bits per heavy atom. The van der Waals surface area contributed by atoms with Gasteiger partial charge < -0.3 is 0 Å². The van der Waals surface area contributed by atoms with Gasteiger partial charge in [0, 0.05) is 17.8 Å². The molecule has 2 rings (SSSR count). The number of likely N-dealkylation sites (N-methyl/N-ethyl adjacent to an activating group) is 1. The highest BCUT2D eigenvalue weighted by molar-refractivity contribution is 5.97. The van der Waals surface area contributed by atoms with Gasteiger partial charge in [0.15, 0.2) is 5.78 Å². The van der Waals surface area contributed by atoms with Crippen molar-refractivity contribution in [2.24, 2.45) is 0 Å². The van der Waals surface area contributed by atoms with E-state index in [4.69, 9.17) is 0 Å². The summed E-state index contributed by atoms with van der Waals surface area (Å²) in [6.07, 6.45) is 0. The fourth-order valence-electron chi connectivity index (χ4n) is 2.17. The lowest BCUT2D eigenvalue weighted by Gasteiger charge is -2.15. The lowest BCUT2D eigenvalue weighted by atomic mass is 10.1. The quantitative estimate of drug-likeness (QED) is 0.782. The summed E-state index contributed by atoms with van der Waals surface area (Å²) < 4.78 is 0. The average molecular weight is 268 g/mol. The number of hydrogen-bond acceptors (Lipinski definition) is 3. The first kappa shape index (κ1) is 14.4. The molecule has 0 aliphatic heterocycles. The summed E-state index contributed by atoms with van der Waals surface area (Å²) >= 11 is 0. The third kappa shape index (κ3) is 4.00. The number of pyridine rings is 1. The molecule has 1 aromatic heterocycles. The van der Waals surface area contributed by atoms with Gasteiger partial charge in [-0.2, -0.15) is 0 Å². The third-order valence-electron chi connectivity index (χ3n) is 3.13. The number of Topliss-reactive ketones (excluding diaryl/α,β-unsaturated/α-hetero) is 1. The Morgan fingerprint density at radius 2 is 1.90 bits per heavy atom. The molecule has 0 radical (unpaired) electrons. The van der Waals surface area contributed by atoms with Gasteiger partial charge in [0.25, 0.3) is 0 Å². The van der Waals surface area contributed by atoms with Crippen molar-refractivity contribution < 1.29 is 4.79 Å². The van der Waals surface area contributed by atoms with Crippen LogP contribution in [0.3, 0.4) is 0 Å². The number of hydrogen-bond donors (Lipinski definition) is 0. The Balaban J connectivity index is 1.97. The molecule has 0 fully saturated rings. The van der Waals surface area contributed by atoms with Crippen LogP contribution >= 0.6 is 0 Å². The predicted octanol–water partition coefficient (Wildman–Crippen LogP) is 3.01. The number of benzene rings is 1. The summed E-state index contributed by atoms with van der Waals surface area (Å²) in [6, 6.07) is 13.7. The van der Waals surface area contributed by atoms with Gasteiger partial charge >= 0.3 is 0 Å². The van der Waals surface area contributed by atoms with Crippen LogP contribution in [0.2, 0.25) is 0 Å². The van der Waals surface area contributed by atoms with Crippen LogP contribution < -0.4 is 0 Å². The molecular formula is C17H20N2O. The molecule has 2 aromatic rings. The van der Waals surface area contributed by atoms with Gasteiger partial charge in [-0.25, -0.2) is 0 Å². The van der Waals surface area contributed by atoms with E-state index in [1.807, 2.05) is 68.3 Å². The molecule has 0 unspecified atom stereocenters. The molecule has 0 N–H and O–H groups in total. The first-order valence-electron chi connectivity index (χ1n) is 6.75. The number of nitrogens with zero attached hydrogens (tertiary/aromatic N) is 2. The van der Waals surface area contributed by atoms with E-state index in [1.165, 1.54) is 0 Å². The van der Waals surface area contributed by atoms with Crippen LogP contribution in [0, 0.1) is 13.8 Å². The molecule has 0 bridgehead atoms. The molecule has 0 aliphatic rings. The summed E-state index contributed by atoms with van der Waals surface area (Å²) in [4.78, 5) is 18.6. The fourth-order valence-corrected chi connectivity index (χ4v) is 2.17. The molecule has 104 valence electrons. The standard InChI is InChI=1S/C17H20N2O/c1-13-6-4-8-15(10-13)17(20)12-19(3)11-16-9-5-7-14(2)18-16/h4-10H,11-12H2,1-3H3. The Labute approximate surface area is 120 Å².